The molecule has 1 aliphatic heterocycles. The topological polar surface area (TPSA) is 65.6 Å². The van der Waals surface area contributed by atoms with Gasteiger partial charge >= 0.3 is 0 Å². The smallest absolute Gasteiger partial charge is 0.264 e. The molecule has 206 valence electrons. The van der Waals surface area contributed by atoms with Crippen LogP contribution in [0.15, 0.2) is 95.9 Å². The van der Waals surface area contributed by atoms with Crippen LogP contribution >= 0.6 is 12.4 Å². The molecular weight excluding hydrogens is 530 g/mol. The van der Waals surface area contributed by atoms with Gasteiger partial charge in [-0.15, -0.1) is 12.4 Å². The number of hydrogen-bond donors (Lipinski definition) is 1. The number of sulfonamides is 1. The van der Waals surface area contributed by atoms with E-state index in [1.807, 2.05) is 30.3 Å². The fraction of sp³-hybridized carbons (Fsp3) is 0.290. The number of para-hydroxylation sites is 1. The largest absolute Gasteiger partial charge is 0.496 e. The molecule has 0 bridgehead atoms. The molecule has 0 spiro atoms. The fourth-order valence-corrected chi connectivity index (χ4v) is 6.52. The minimum Gasteiger partial charge on any atom is -0.496 e. The second kappa shape index (κ2) is 12.7. The summed E-state index contributed by atoms with van der Waals surface area (Å²) in [4.78, 5) is 6.33. The predicted molar refractivity (Wildman–Crippen MR) is 160 cm³/mol. The van der Waals surface area contributed by atoms with Gasteiger partial charge in [-0.1, -0.05) is 61.4 Å². The van der Waals surface area contributed by atoms with E-state index in [1.54, 1.807) is 38.4 Å². The van der Waals surface area contributed by atoms with Gasteiger partial charge < -0.3 is 9.72 Å². The summed E-state index contributed by atoms with van der Waals surface area (Å²) in [5, 5.41) is 0. The number of rotatable bonds is 8. The highest BCUT2D eigenvalue weighted by Crippen LogP contribution is 2.35. The van der Waals surface area contributed by atoms with Gasteiger partial charge in [0.15, 0.2) is 0 Å². The van der Waals surface area contributed by atoms with Gasteiger partial charge in [-0.25, -0.2) is 8.42 Å². The van der Waals surface area contributed by atoms with E-state index < -0.39 is 10.0 Å². The van der Waals surface area contributed by atoms with E-state index in [-0.39, 0.29) is 17.3 Å². The molecule has 6 nitrogen and oxygen atoms in total. The Hall–Kier alpha value is -3.26. The standard InChI is InChI=1S/C31H35N3O3S.ClH/c1-33(26-14-8-4-9-15-26)38(35,36)27-18-19-28(31(22-27)37-2)29-20-17-25(32-29)23-34-21-11-5-10-16-30(34)24-12-6-3-7-13-24;/h3-4,6-9,12-15,17-20,22,30,32H,5,10-11,16,21,23H2,1-2H3;1H/t30-;/m1./s1. The van der Waals surface area contributed by atoms with Crippen LogP contribution in [-0.4, -0.2) is 39.0 Å². The van der Waals surface area contributed by atoms with Crippen molar-refractivity contribution in [3.63, 3.8) is 0 Å². The van der Waals surface area contributed by atoms with E-state index in [1.165, 1.54) is 35.6 Å². The number of halogens is 1. The monoisotopic (exact) mass is 565 g/mol. The lowest BCUT2D eigenvalue weighted by Crippen LogP contribution is -2.28. The van der Waals surface area contributed by atoms with Crippen LogP contribution in [-0.2, 0) is 16.6 Å². The predicted octanol–water partition coefficient (Wildman–Crippen LogP) is 7.05. The van der Waals surface area contributed by atoms with Crippen LogP contribution in [0.25, 0.3) is 11.3 Å². The van der Waals surface area contributed by atoms with Gasteiger partial charge in [0.1, 0.15) is 5.75 Å². The summed E-state index contributed by atoms with van der Waals surface area (Å²) >= 11 is 0. The van der Waals surface area contributed by atoms with Crippen LogP contribution in [0.5, 0.6) is 5.75 Å². The third kappa shape index (κ3) is 6.32. The minimum atomic E-state index is -3.74. The van der Waals surface area contributed by atoms with Crippen LogP contribution in [0.3, 0.4) is 0 Å². The number of hydrogen-bond acceptors (Lipinski definition) is 4. The van der Waals surface area contributed by atoms with E-state index in [0.717, 1.165) is 30.0 Å². The van der Waals surface area contributed by atoms with Crippen molar-refractivity contribution in [3.05, 3.63) is 102 Å². The third-order valence-corrected chi connectivity index (χ3v) is 9.19. The van der Waals surface area contributed by atoms with Crippen molar-refractivity contribution in [3.8, 4) is 17.0 Å². The molecule has 0 saturated carbocycles. The minimum absolute atomic E-state index is 0. The SMILES string of the molecule is COc1cc(S(=O)(=O)N(C)c2ccccc2)ccc1-c1ccc(CN2CCCCC[C@@H]2c2ccccc2)[nH]1.Cl. The summed E-state index contributed by atoms with van der Waals surface area (Å²) in [5.74, 6) is 0.512. The van der Waals surface area contributed by atoms with E-state index >= 15 is 0 Å². The summed E-state index contributed by atoms with van der Waals surface area (Å²) in [5.41, 5.74) is 4.84. The Labute approximate surface area is 238 Å². The molecule has 5 rings (SSSR count). The van der Waals surface area contributed by atoms with Crippen LogP contribution in [0.4, 0.5) is 5.69 Å². The van der Waals surface area contributed by atoms with Crippen molar-refractivity contribution in [2.45, 2.75) is 43.2 Å². The molecule has 0 unspecified atom stereocenters. The fourth-order valence-electron chi connectivity index (χ4n) is 5.31. The summed E-state index contributed by atoms with van der Waals surface area (Å²) < 4.78 is 33.6. The molecule has 1 fully saturated rings. The van der Waals surface area contributed by atoms with Gasteiger partial charge in [-0.05, 0) is 61.3 Å². The van der Waals surface area contributed by atoms with Gasteiger partial charge in [0.25, 0.3) is 10.0 Å². The zero-order valence-corrected chi connectivity index (χ0v) is 24.0. The van der Waals surface area contributed by atoms with Crippen molar-refractivity contribution < 1.29 is 13.2 Å². The number of methoxy groups -OCH3 is 1. The number of benzene rings is 3. The number of anilines is 1. The molecule has 4 aromatic rings. The van der Waals surface area contributed by atoms with Crippen molar-refractivity contribution in [1.29, 1.82) is 0 Å². The van der Waals surface area contributed by atoms with E-state index in [2.05, 4.69) is 46.3 Å². The summed E-state index contributed by atoms with van der Waals surface area (Å²) in [6.45, 7) is 1.90. The highest BCUT2D eigenvalue weighted by Gasteiger charge is 2.25. The number of likely N-dealkylation sites (tertiary alicyclic amines) is 1. The molecule has 0 aliphatic carbocycles. The summed E-state index contributed by atoms with van der Waals surface area (Å²) in [7, 11) is -0.603. The van der Waals surface area contributed by atoms with E-state index in [0.29, 0.717) is 17.5 Å². The second-order valence-electron chi connectivity index (χ2n) is 9.81. The maximum absolute atomic E-state index is 13.3. The van der Waals surface area contributed by atoms with Crippen LogP contribution < -0.4 is 9.04 Å². The first-order valence-electron chi connectivity index (χ1n) is 13.2. The van der Waals surface area contributed by atoms with Gasteiger partial charge in [0.2, 0.25) is 0 Å². The van der Waals surface area contributed by atoms with Crippen molar-refractivity contribution >= 4 is 28.1 Å². The Kier molecular flexibility index (Phi) is 9.38. The summed E-state index contributed by atoms with van der Waals surface area (Å²) in [6, 6.07) is 29.5. The molecule has 1 aliphatic rings. The molecule has 1 N–H and O–H groups in total. The molecule has 2 heterocycles. The first-order chi connectivity index (χ1) is 18.5. The van der Waals surface area contributed by atoms with Crippen LogP contribution in [0.1, 0.15) is 43.0 Å². The Bertz CT molecular complexity index is 1460. The zero-order valence-electron chi connectivity index (χ0n) is 22.4. The molecule has 3 aromatic carbocycles. The highest BCUT2D eigenvalue weighted by molar-refractivity contribution is 7.92. The average Bonchev–Trinajstić information content (AvgIpc) is 3.30. The Morgan fingerprint density at radius 3 is 2.36 bits per heavy atom. The Morgan fingerprint density at radius 2 is 1.64 bits per heavy atom. The molecule has 1 saturated heterocycles. The van der Waals surface area contributed by atoms with Crippen LogP contribution in [0, 0.1) is 0 Å². The van der Waals surface area contributed by atoms with Crippen molar-refractivity contribution in [1.82, 2.24) is 9.88 Å². The average molecular weight is 566 g/mol. The number of nitrogens with zero attached hydrogens (tertiary/aromatic N) is 2. The number of ether oxygens (including phenoxy) is 1. The third-order valence-electron chi connectivity index (χ3n) is 7.41. The Morgan fingerprint density at radius 1 is 0.923 bits per heavy atom. The number of nitrogens with one attached hydrogen (secondary N) is 1. The maximum Gasteiger partial charge on any atom is 0.264 e. The molecule has 0 amide bonds. The number of aromatic nitrogens is 1. The maximum atomic E-state index is 13.3. The molecule has 39 heavy (non-hydrogen) atoms. The van der Waals surface area contributed by atoms with Crippen molar-refractivity contribution in [2.75, 3.05) is 25.0 Å². The van der Waals surface area contributed by atoms with Gasteiger partial charge in [0.05, 0.1) is 17.7 Å². The van der Waals surface area contributed by atoms with Crippen molar-refractivity contribution in [2.24, 2.45) is 0 Å². The highest BCUT2D eigenvalue weighted by atomic mass is 35.5. The molecule has 1 aromatic heterocycles. The molecule has 0 radical (unpaired) electrons. The van der Waals surface area contributed by atoms with Gasteiger partial charge in [-0.3, -0.25) is 9.21 Å². The lowest BCUT2D eigenvalue weighted by atomic mass is 10.0. The molecular formula is C31H36ClN3O3S. The lowest BCUT2D eigenvalue weighted by molar-refractivity contribution is 0.190. The lowest BCUT2D eigenvalue weighted by Gasteiger charge is -2.30. The van der Waals surface area contributed by atoms with E-state index in [9.17, 15) is 8.42 Å². The molecule has 1 atom stereocenters. The van der Waals surface area contributed by atoms with Gasteiger partial charge in [-0.2, -0.15) is 0 Å². The number of H-pyrrole nitrogens is 1. The first kappa shape index (κ1) is 28.7. The van der Waals surface area contributed by atoms with E-state index in [4.69, 9.17) is 4.74 Å². The molecule has 8 heteroatoms. The zero-order chi connectivity index (χ0) is 26.5. The normalized spacial score (nSPS) is 16.2. The Balaban J connectivity index is 0.00000353. The van der Waals surface area contributed by atoms with Gasteiger partial charge in [0, 0.05) is 42.7 Å². The second-order valence-corrected chi connectivity index (χ2v) is 11.8. The quantitative estimate of drug-likeness (QED) is 0.248. The number of aromatic amines is 1. The summed E-state index contributed by atoms with van der Waals surface area (Å²) in [6.07, 6.45) is 4.89. The first-order valence-corrected chi connectivity index (χ1v) is 14.6. The van der Waals surface area contributed by atoms with Crippen LogP contribution in [0.2, 0.25) is 0 Å².